The van der Waals surface area contributed by atoms with Gasteiger partial charge in [-0.05, 0) is 52.2 Å². The molecule has 0 bridgehead atoms. The first kappa shape index (κ1) is 17.4. The highest BCUT2D eigenvalue weighted by Gasteiger charge is 2.15. The van der Waals surface area contributed by atoms with Crippen molar-refractivity contribution in [1.82, 2.24) is 15.7 Å². The third-order valence-corrected chi connectivity index (χ3v) is 3.54. The molecule has 122 valence electrons. The molecular formula is C13H13Br2N5O3. The van der Waals surface area contributed by atoms with E-state index in [0.717, 1.165) is 8.95 Å². The molecule has 3 N–H and O–H groups in total. The van der Waals surface area contributed by atoms with E-state index in [9.17, 15) is 4.79 Å². The number of aromatic nitrogens is 2. The van der Waals surface area contributed by atoms with E-state index in [1.54, 1.807) is 0 Å². The number of ether oxygens (including phenoxy) is 1. The zero-order valence-electron chi connectivity index (χ0n) is 12.2. The summed E-state index contributed by atoms with van der Waals surface area (Å²) < 4.78 is 11.7. The number of carbonyl (C=O) groups excluding carboxylic acids is 1. The molecule has 1 aromatic heterocycles. The summed E-state index contributed by atoms with van der Waals surface area (Å²) in [4.78, 5) is 11.8. The molecule has 8 nitrogen and oxygen atoms in total. The van der Waals surface area contributed by atoms with Crippen molar-refractivity contribution in [1.29, 1.82) is 0 Å². The first-order valence-electron chi connectivity index (χ1n) is 6.45. The van der Waals surface area contributed by atoms with Crippen molar-refractivity contribution in [3.63, 3.8) is 0 Å². The van der Waals surface area contributed by atoms with Gasteiger partial charge in [-0.2, -0.15) is 5.10 Å². The van der Waals surface area contributed by atoms with Crippen molar-refractivity contribution in [3.05, 3.63) is 32.3 Å². The molecule has 2 aromatic rings. The highest BCUT2D eigenvalue weighted by molar-refractivity contribution is 9.11. The minimum absolute atomic E-state index is 0.0183. The Morgan fingerprint density at radius 3 is 2.78 bits per heavy atom. The van der Waals surface area contributed by atoms with Crippen molar-refractivity contribution >= 4 is 49.8 Å². The van der Waals surface area contributed by atoms with Crippen LogP contribution in [0.25, 0.3) is 0 Å². The predicted octanol–water partition coefficient (Wildman–Crippen LogP) is 2.73. The lowest BCUT2D eigenvalue weighted by molar-refractivity contribution is 0.0946. The monoisotopic (exact) mass is 445 g/mol. The van der Waals surface area contributed by atoms with Crippen LogP contribution < -0.4 is 15.9 Å². The van der Waals surface area contributed by atoms with Gasteiger partial charge in [0.15, 0.2) is 0 Å². The van der Waals surface area contributed by atoms with E-state index in [1.165, 1.54) is 6.21 Å². The van der Waals surface area contributed by atoms with Crippen LogP contribution in [0.15, 0.2) is 30.8 Å². The minimum Gasteiger partial charge on any atom is -0.489 e. The van der Waals surface area contributed by atoms with Gasteiger partial charge in [0, 0.05) is 10.0 Å². The molecule has 0 saturated carbocycles. The molecule has 10 heteroatoms. The predicted molar refractivity (Wildman–Crippen MR) is 91.4 cm³/mol. The smallest absolute Gasteiger partial charge is 0.297 e. The standard InChI is InChI=1S/C13H13Br2N5O3/c1-6(2)22-11-7(3-8(14)4-9(11)15)5-17-18-13(21)10-12(16)20-23-19-10/h3-6H,1-2H3,(H2,16,20)(H,18,21)/b17-5-. The maximum Gasteiger partial charge on any atom is 0.297 e. The Morgan fingerprint density at radius 2 is 2.17 bits per heavy atom. The number of nitrogens with two attached hydrogens (primary N) is 1. The number of carbonyl (C=O) groups is 1. The van der Waals surface area contributed by atoms with Crippen LogP contribution in [0.5, 0.6) is 5.75 Å². The van der Waals surface area contributed by atoms with Gasteiger partial charge in [0.05, 0.1) is 16.8 Å². The summed E-state index contributed by atoms with van der Waals surface area (Å²) in [6.45, 7) is 3.83. The summed E-state index contributed by atoms with van der Waals surface area (Å²) in [6.07, 6.45) is 1.43. The fourth-order valence-corrected chi connectivity index (χ4v) is 2.95. The van der Waals surface area contributed by atoms with E-state index >= 15 is 0 Å². The summed E-state index contributed by atoms with van der Waals surface area (Å²) in [7, 11) is 0. The van der Waals surface area contributed by atoms with Gasteiger partial charge in [0.2, 0.25) is 11.5 Å². The Bertz CT molecular complexity index is 745. The number of nitrogens with zero attached hydrogens (tertiary/aromatic N) is 3. The third-order valence-electron chi connectivity index (χ3n) is 2.49. The molecule has 0 radical (unpaired) electrons. The summed E-state index contributed by atoms with van der Waals surface area (Å²) in [5, 5.41) is 10.6. The van der Waals surface area contributed by atoms with Gasteiger partial charge in [-0.1, -0.05) is 15.9 Å². The zero-order chi connectivity index (χ0) is 17.0. The number of rotatable bonds is 5. The molecule has 0 atom stereocenters. The first-order chi connectivity index (χ1) is 10.9. The first-order valence-corrected chi connectivity index (χ1v) is 8.04. The Labute approximate surface area is 148 Å². The zero-order valence-corrected chi connectivity index (χ0v) is 15.4. The highest BCUT2D eigenvalue weighted by atomic mass is 79.9. The summed E-state index contributed by atoms with van der Waals surface area (Å²) in [5.41, 5.74) is 8.27. The van der Waals surface area contributed by atoms with Crippen LogP contribution >= 0.6 is 31.9 Å². The van der Waals surface area contributed by atoms with Crippen LogP contribution in [0.4, 0.5) is 5.82 Å². The van der Waals surface area contributed by atoms with E-state index in [0.29, 0.717) is 11.3 Å². The maximum atomic E-state index is 11.8. The Hall–Kier alpha value is -1.94. The SMILES string of the molecule is CC(C)Oc1c(Br)cc(Br)cc1/C=N\NC(=O)c1nonc1N. The van der Waals surface area contributed by atoms with Gasteiger partial charge in [-0.25, -0.2) is 10.1 Å². The number of benzene rings is 1. The summed E-state index contributed by atoms with van der Waals surface area (Å²) >= 11 is 6.83. The average molecular weight is 447 g/mol. The number of nitrogens with one attached hydrogen (secondary N) is 1. The number of halogens is 2. The molecule has 0 fully saturated rings. The van der Waals surface area contributed by atoms with E-state index < -0.39 is 5.91 Å². The number of hydrazone groups is 1. The van der Waals surface area contributed by atoms with Gasteiger partial charge < -0.3 is 10.5 Å². The van der Waals surface area contributed by atoms with Gasteiger partial charge >= 0.3 is 0 Å². The van der Waals surface area contributed by atoms with E-state index in [-0.39, 0.29) is 17.6 Å². The lowest BCUT2D eigenvalue weighted by atomic mass is 10.2. The van der Waals surface area contributed by atoms with Crippen molar-refractivity contribution < 1.29 is 14.2 Å². The Balaban J connectivity index is 2.18. The Kier molecular flexibility index (Phi) is 5.72. The fourth-order valence-electron chi connectivity index (χ4n) is 1.60. The lowest BCUT2D eigenvalue weighted by Crippen LogP contribution is -2.19. The minimum atomic E-state index is -0.625. The number of nitrogen functional groups attached to an aromatic ring is 1. The van der Waals surface area contributed by atoms with Crippen LogP contribution in [0.1, 0.15) is 29.9 Å². The van der Waals surface area contributed by atoms with Crippen LogP contribution in [-0.4, -0.2) is 28.5 Å². The van der Waals surface area contributed by atoms with Crippen LogP contribution in [0, 0.1) is 0 Å². The van der Waals surface area contributed by atoms with Crippen LogP contribution in [0.3, 0.4) is 0 Å². The average Bonchev–Trinajstić information content (AvgIpc) is 2.88. The lowest BCUT2D eigenvalue weighted by Gasteiger charge is -2.14. The van der Waals surface area contributed by atoms with Crippen molar-refractivity contribution in [2.24, 2.45) is 5.10 Å². The second-order valence-corrected chi connectivity index (χ2v) is 6.44. The van der Waals surface area contributed by atoms with Gasteiger partial charge in [0.1, 0.15) is 5.75 Å². The second-order valence-electron chi connectivity index (χ2n) is 4.67. The largest absolute Gasteiger partial charge is 0.489 e. The van der Waals surface area contributed by atoms with Gasteiger partial charge in [0.25, 0.3) is 5.91 Å². The molecule has 23 heavy (non-hydrogen) atoms. The van der Waals surface area contributed by atoms with Gasteiger partial charge in [-0.3, -0.25) is 4.79 Å². The number of hydrogen-bond acceptors (Lipinski definition) is 7. The summed E-state index contributed by atoms with van der Waals surface area (Å²) in [5.74, 6) is -0.115. The molecule has 0 aliphatic heterocycles. The normalized spacial score (nSPS) is 11.2. The number of hydrogen-bond donors (Lipinski definition) is 2. The topological polar surface area (TPSA) is 116 Å². The number of anilines is 1. The molecule has 1 heterocycles. The van der Waals surface area contributed by atoms with E-state index in [4.69, 9.17) is 10.5 Å². The molecule has 0 aliphatic rings. The van der Waals surface area contributed by atoms with Crippen molar-refractivity contribution in [3.8, 4) is 5.75 Å². The van der Waals surface area contributed by atoms with E-state index in [1.807, 2.05) is 26.0 Å². The van der Waals surface area contributed by atoms with Gasteiger partial charge in [-0.15, -0.1) is 0 Å². The third kappa shape index (κ3) is 4.52. The molecule has 0 spiro atoms. The molecular weight excluding hydrogens is 434 g/mol. The van der Waals surface area contributed by atoms with E-state index in [2.05, 4.69) is 57.3 Å². The number of amides is 1. The van der Waals surface area contributed by atoms with Crippen molar-refractivity contribution in [2.45, 2.75) is 20.0 Å². The maximum absolute atomic E-state index is 11.8. The van der Waals surface area contributed by atoms with Crippen LogP contribution in [0.2, 0.25) is 0 Å². The summed E-state index contributed by atoms with van der Waals surface area (Å²) in [6, 6.07) is 3.67. The van der Waals surface area contributed by atoms with Crippen molar-refractivity contribution in [2.75, 3.05) is 5.73 Å². The molecule has 0 unspecified atom stereocenters. The molecule has 2 rings (SSSR count). The quantitative estimate of drug-likeness (QED) is 0.538. The highest BCUT2D eigenvalue weighted by Crippen LogP contribution is 2.32. The molecule has 1 amide bonds. The molecule has 0 saturated heterocycles. The second kappa shape index (κ2) is 7.55. The molecule has 1 aromatic carbocycles. The van der Waals surface area contributed by atoms with Crippen LogP contribution in [-0.2, 0) is 0 Å². The fraction of sp³-hybridized carbons (Fsp3) is 0.231. The Morgan fingerprint density at radius 1 is 1.43 bits per heavy atom. The molecule has 0 aliphatic carbocycles.